The minimum Gasteiger partial charge on any atom is -0.388 e. The average molecular weight is 295 g/mol. The van der Waals surface area contributed by atoms with Crippen molar-refractivity contribution in [1.82, 2.24) is 15.0 Å². The first-order valence-corrected chi connectivity index (χ1v) is 6.93. The number of rotatable bonds is 4. The summed E-state index contributed by atoms with van der Waals surface area (Å²) in [5.74, 6) is 0.126. The highest BCUT2D eigenvalue weighted by atomic mass is 32.2. The summed E-state index contributed by atoms with van der Waals surface area (Å²) in [4.78, 5) is 11.5. The summed E-state index contributed by atoms with van der Waals surface area (Å²) in [6.45, 7) is 0. The van der Waals surface area contributed by atoms with Crippen LogP contribution in [-0.2, 0) is 10.0 Å². The molecule has 9 heteroatoms. The number of thiocarbonyl (C=S) groups is 1. The Morgan fingerprint density at radius 2 is 2.00 bits per heavy atom. The molecule has 0 amide bonds. The number of nitrogens with zero attached hydrogens (tertiary/aromatic N) is 3. The number of sulfonamides is 1. The van der Waals surface area contributed by atoms with Crippen LogP contribution in [-0.4, -0.2) is 28.4 Å². The van der Waals surface area contributed by atoms with Gasteiger partial charge < -0.3 is 5.73 Å². The highest BCUT2D eigenvalue weighted by molar-refractivity contribution is 7.92. The van der Waals surface area contributed by atoms with Crippen LogP contribution in [0.4, 0.5) is 5.82 Å². The molecule has 0 saturated carbocycles. The lowest BCUT2D eigenvalue weighted by Crippen LogP contribution is -2.16. The lowest BCUT2D eigenvalue weighted by atomic mass is 10.3. The third-order valence-electron chi connectivity index (χ3n) is 2.10. The Balaban J connectivity index is 2.27. The van der Waals surface area contributed by atoms with E-state index in [1.54, 1.807) is 0 Å². The molecule has 0 saturated heterocycles. The molecule has 0 bridgehead atoms. The smallest absolute Gasteiger partial charge is 0.264 e. The highest BCUT2D eigenvalue weighted by Gasteiger charge is 2.15. The van der Waals surface area contributed by atoms with Crippen LogP contribution in [0.1, 0.15) is 5.69 Å². The molecule has 0 fully saturated rings. The zero-order valence-electron chi connectivity index (χ0n) is 9.52. The molecule has 0 aromatic carbocycles. The largest absolute Gasteiger partial charge is 0.388 e. The van der Waals surface area contributed by atoms with Gasteiger partial charge in [0.1, 0.15) is 9.88 Å². The van der Waals surface area contributed by atoms with Gasteiger partial charge in [-0.05, 0) is 12.1 Å². The average Bonchev–Trinajstić information content (AvgIpc) is 2.39. The Kier molecular flexibility index (Phi) is 3.67. The number of hydrogen-bond donors (Lipinski definition) is 2. The van der Waals surface area contributed by atoms with Gasteiger partial charge in [-0.15, -0.1) is 0 Å². The second kappa shape index (κ2) is 5.24. The normalized spacial score (nSPS) is 10.9. The van der Waals surface area contributed by atoms with E-state index in [0.717, 1.165) is 0 Å². The summed E-state index contributed by atoms with van der Waals surface area (Å²) < 4.78 is 26.3. The van der Waals surface area contributed by atoms with Gasteiger partial charge in [-0.25, -0.2) is 13.4 Å². The van der Waals surface area contributed by atoms with Crippen LogP contribution in [0.2, 0.25) is 0 Å². The van der Waals surface area contributed by atoms with Crippen molar-refractivity contribution in [2.45, 2.75) is 4.90 Å². The molecule has 0 atom stereocenters. The molecule has 0 aliphatic heterocycles. The van der Waals surface area contributed by atoms with Crippen molar-refractivity contribution in [2.24, 2.45) is 5.73 Å². The SMILES string of the molecule is NC(=S)c1ccc(S(=O)(=O)Nc2cnccn2)cn1. The summed E-state index contributed by atoms with van der Waals surface area (Å²) >= 11 is 4.74. The molecular formula is C10H9N5O2S2. The van der Waals surface area contributed by atoms with Crippen LogP contribution < -0.4 is 10.5 Å². The molecule has 2 aromatic rings. The van der Waals surface area contributed by atoms with Crippen LogP contribution in [0.5, 0.6) is 0 Å². The van der Waals surface area contributed by atoms with E-state index >= 15 is 0 Å². The van der Waals surface area contributed by atoms with Gasteiger partial charge in [-0.3, -0.25) is 14.7 Å². The fourth-order valence-electron chi connectivity index (χ4n) is 1.23. The van der Waals surface area contributed by atoms with Gasteiger partial charge in [-0.1, -0.05) is 12.2 Å². The van der Waals surface area contributed by atoms with Gasteiger partial charge >= 0.3 is 0 Å². The minimum atomic E-state index is -3.75. The topological polar surface area (TPSA) is 111 Å². The Morgan fingerprint density at radius 3 is 2.53 bits per heavy atom. The molecule has 0 aliphatic rings. The third-order valence-corrected chi connectivity index (χ3v) is 3.65. The van der Waals surface area contributed by atoms with E-state index in [1.165, 1.54) is 36.9 Å². The van der Waals surface area contributed by atoms with E-state index in [4.69, 9.17) is 18.0 Å². The standard InChI is InChI=1S/C10H9N5O2S2/c11-10(18)8-2-1-7(5-14-8)19(16,17)15-9-6-12-3-4-13-9/h1-6H,(H2,11,18)(H,13,15). The van der Waals surface area contributed by atoms with Gasteiger partial charge in [0.05, 0.1) is 11.9 Å². The molecule has 7 nitrogen and oxygen atoms in total. The predicted molar refractivity (Wildman–Crippen MR) is 73.0 cm³/mol. The predicted octanol–water partition coefficient (Wildman–Crippen LogP) is 0.307. The summed E-state index contributed by atoms with van der Waals surface area (Å²) in [6.07, 6.45) is 5.30. The van der Waals surface area contributed by atoms with Crippen molar-refractivity contribution in [2.75, 3.05) is 4.72 Å². The maximum atomic E-state index is 12.0. The minimum absolute atomic E-state index is 0.0156. The molecule has 2 aromatic heterocycles. The second-order valence-corrected chi connectivity index (χ2v) is 5.56. The van der Waals surface area contributed by atoms with Crippen molar-refractivity contribution < 1.29 is 8.42 Å². The Bertz CT molecular complexity index is 686. The summed E-state index contributed by atoms with van der Waals surface area (Å²) in [5.41, 5.74) is 5.74. The lowest BCUT2D eigenvalue weighted by molar-refractivity contribution is 0.600. The van der Waals surface area contributed by atoms with Gasteiger partial charge in [0.2, 0.25) is 0 Å². The number of nitrogens with one attached hydrogen (secondary N) is 1. The third kappa shape index (κ3) is 3.20. The fraction of sp³-hybridized carbons (Fsp3) is 0. The Hall–Kier alpha value is -2.13. The molecule has 0 aliphatic carbocycles. The molecule has 0 radical (unpaired) electrons. The molecule has 0 unspecified atom stereocenters. The van der Waals surface area contributed by atoms with Gasteiger partial charge in [0, 0.05) is 18.6 Å². The molecule has 2 heterocycles. The van der Waals surface area contributed by atoms with Crippen molar-refractivity contribution in [3.05, 3.63) is 42.6 Å². The first-order valence-electron chi connectivity index (χ1n) is 5.04. The van der Waals surface area contributed by atoms with E-state index in [0.29, 0.717) is 5.69 Å². The van der Waals surface area contributed by atoms with Crippen molar-refractivity contribution in [1.29, 1.82) is 0 Å². The highest BCUT2D eigenvalue weighted by Crippen LogP contribution is 2.12. The van der Waals surface area contributed by atoms with E-state index in [1.807, 2.05) is 0 Å². The van der Waals surface area contributed by atoms with Crippen molar-refractivity contribution in [3.63, 3.8) is 0 Å². The van der Waals surface area contributed by atoms with Gasteiger partial charge in [0.15, 0.2) is 5.82 Å². The Labute approximate surface area is 115 Å². The van der Waals surface area contributed by atoms with Crippen LogP contribution in [0.15, 0.2) is 41.8 Å². The molecule has 0 spiro atoms. The first-order chi connectivity index (χ1) is 8.99. The number of nitrogens with two attached hydrogens (primary N) is 1. The van der Waals surface area contributed by atoms with Crippen LogP contribution >= 0.6 is 12.2 Å². The molecule has 19 heavy (non-hydrogen) atoms. The van der Waals surface area contributed by atoms with E-state index in [2.05, 4.69) is 19.7 Å². The number of aromatic nitrogens is 3. The van der Waals surface area contributed by atoms with Crippen molar-refractivity contribution in [3.8, 4) is 0 Å². The summed E-state index contributed by atoms with van der Waals surface area (Å²) in [5, 5.41) is 0. The van der Waals surface area contributed by atoms with Crippen LogP contribution in [0.3, 0.4) is 0 Å². The quantitative estimate of drug-likeness (QED) is 0.781. The van der Waals surface area contributed by atoms with Crippen molar-refractivity contribution >= 4 is 33.0 Å². The lowest BCUT2D eigenvalue weighted by Gasteiger charge is -2.06. The van der Waals surface area contributed by atoms with E-state index in [-0.39, 0.29) is 15.7 Å². The molecule has 98 valence electrons. The number of hydrogen-bond acceptors (Lipinski definition) is 6. The van der Waals surface area contributed by atoms with E-state index in [9.17, 15) is 8.42 Å². The monoisotopic (exact) mass is 295 g/mol. The fourth-order valence-corrected chi connectivity index (χ4v) is 2.29. The van der Waals surface area contributed by atoms with Crippen LogP contribution in [0, 0.1) is 0 Å². The number of pyridine rings is 1. The van der Waals surface area contributed by atoms with Crippen LogP contribution in [0.25, 0.3) is 0 Å². The van der Waals surface area contributed by atoms with Gasteiger partial charge in [0.25, 0.3) is 10.0 Å². The zero-order valence-corrected chi connectivity index (χ0v) is 11.1. The Morgan fingerprint density at radius 1 is 1.21 bits per heavy atom. The molecule has 2 rings (SSSR count). The van der Waals surface area contributed by atoms with E-state index < -0.39 is 10.0 Å². The first kappa shape index (κ1) is 13.3. The maximum absolute atomic E-state index is 12.0. The number of anilines is 1. The molecular weight excluding hydrogens is 286 g/mol. The summed E-state index contributed by atoms with van der Waals surface area (Å²) in [6, 6.07) is 2.80. The molecule has 3 N–H and O–H groups in total. The maximum Gasteiger partial charge on any atom is 0.264 e. The second-order valence-electron chi connectivity index (χ2n) is 3.44. The summed E-state index contributed by atoms with van der Waals surface area (Å²) in [7, 11) is -3.75. The zero-order chi connectivity index (χ0) is 13.9. The van der Waals surface area contributed by atoms with Gasteiger partial charge in [-0.2, -0.15) is 0 Å².